The minimum Gasteiger partial charge on any atom is -0.330 e. The zero-order valence-electron chi connectivity index (χ0n) is 12.0. The molecule has 0 bridgehead atoms. The molecule has 1 aromatic carbocycles. The van der Waals surface area contributed by atoms with Gasteiger partial charge in [0.1, 0.15) is 6.33 Å². The van der Waals surface area contributed by atoms with Gasteiger partial charge < -0.3 is 10.6 Å². The molecule has 108 valence electrons. The molecule has 3 aromatic rings. The fraction of sp³-hybridized carbons (Fsp3) is 0.267. The molecule has 2 aromatic heterocycles. The van der Waals surface area contributed by atoms with Gasteiger partial charge in [0.05, 0.1) is 0 Å². The summed E-state index contributed by atoms with van der Waals surface area (Å²) in [7, 11) is 0. The second kappa shape index (κ2) is 5.88. The third kappa shape index (κ3) is 2.71. The maximum Gasteiger partial charge on any atom is 0.204 e. The van der Waals surface area contributed by atoms with Crippen molar-refractivity contribution < 1.29 is 0 Å². The van der Waals surface area contributed by atoms with E-state index in [4.69, 9.17) is 5.73 Å². The molecular formula is C15H18N6. The standard InChI is InChI=1S/C15H18N6/c1-12-3-5-13(6-4-12)21(9-2-7-16)14-15-19-18-11-20(15)10-8-17-14/h3-6,8,10-11H,2,7,9,16H2,1H3. The summed E-state index contributed by atoms with van der Waals surface area (Å²) in [4.78, 5) is 6.63. The third-order valence-electron chi connectivity index (χ3n) is 3.38. The van der Waals surface area contributed by atoms with Crippen molar-refractivity contribution in [2.75, 3.05) is 18.0 Å². The summed E-state index contributed by atoms with van der Waals surface area (Å²) < 4.78 is 1.87. The van der Waals surface area contributed by atoms with E-state index in [0.29, 0.717) is 6.54 Å². The first-order valence-electron chi connectivity index (χ1n) is 6.98. The molecule has 0 aliphatic carbocycles. The Bertz CT molecular complexity index is 718. The zero-order chi connectivity index (χ0) is 14.7. The smallest absolute Gasteiger partial charge is 0.204 e. The second-order valence-corrected chi connectivity index (χ2v) is 4.94. The molecule has 3 rings (SSSR count). The van der Waals surface area contributed by atoms with Gasteiger partial charge in [-0.05, 0) is 32.0 Å². The van der Waals surface area contributed by atoms with E-state index in [1.54, 1.807) is 12.5 Å². The lowest BCUT2D eigenvalue weighted by Crippen LogP contribution is -2.22. The van der Waals surface area contributed by atoms with Gasteiger partial charge in [-0.1, -0.05) is 17.7 Å². The van der Waals surface area contributed by atoms with Crippen molar-refractivity contribution in [2.24, 2.45) is 5.73 Å². The van der Waals surface area contributed by atoms with Crippen LogP contribution >= 0.6 is 0 Å². The number of benzene rings is 1. The predicted molar refractivity (Wildman–Crippen MR) is 82.6 cm³/mol. The van der Waals surface area contributed by atoms with Gasteiger partial charge in [-0.2, -0.15) is 0 Å². The van der Waals surface area contributed by atoms with Gasteiger partial charge in [0.2, 0.25) is 5.65 Å². The lowest BCUT2D eigenvalue weighted by molar-refractivity contribution is 0.809. The Morgan fingerprint density at radius 2 is 2.05 bits per heavy atom. The maximum absolute atomic E-state index is 5.67. The predicted octanol–water partition coefficient (Wildman–Crippen LogP) is 1.92. The molecule has 0 aliphatic heterocycles. The van der Waals surface area contributed by atoms with E-state index in [1.165, 1.54) is 5.56 Å². The molecule has 0 aliphatic rings. The molecule has 0 radical (unpaired) electrons. The summed E-state index contributed by atoms with van der Waals surface area (Å²) in [6, 6.07) is 8.37. The SMILES string of the molecule is Cc1ccc(N(CCCN)c2nccn3cnnc23)cc1. The first-order chi connectivity index (χ1) is 10.3. The van der Waals surface area contributed by atoms with Crippen molar-refractivity contribution in [3.63, 3.8) is 0 Å². The molecule has 2 heterocycles. The van der Waals surface area contributed by atoms with Crippen LogP contribution < -0.4 is 10.6 Å². The fourth-order valence-corrected chi connectivity index (χ4v) is 2.27. The molecule has 2 N–H and O–H groups in total. The summed E-state index contributed by atoms with van der Waals surface area (Å²) >= 11 is 0. The van der Waals surface area contributed by atoms with E-state index in [9.17, 15) is 0 Å². The number of anilines is 2. The van der Waals surface area contributed by atoms with E-state index in [1.807, 2.05) is 10.6 Å². The zero-order valence-corrected chi connectivity index (χ0v) is 12.0. The summed E-state index contributed by atoms with van der Waals surface area (Å²) in [5.41, 5.74) is 8.72. The van der Waals surface area contributed by atoms with Gasteiger partial charge in [-0.25, -0.2) is 4.98 Å². The Morgan fingerprint density at radius 3 is 2.81 bits per heavy atom. The number of nitrogens with zero attached hydrogens (tertiary/aromatic N) is 5. The minimum atomic E-state index is 0.637. The van der Waals surface area contributed by atoms with Gasteiger partial charge in [-0.15, -0.1) is 10.2 Å². The molecule has 21 heavy (non-hydrogen) atoms. The number of fused-ring (bicyclic) bond motifs is 1. The summed E-state index contributed by atoms with van der Waals surface area (Å²) in [6.07, 6.45) is 6.16. The normalized spacial score (nSPS) is 11.0. The lowest BCUT2D eigenvalue weighted by atomic mass is 10.2. The van der Waals surface area contributed by atoms with Crippen LogP contribution in [-0.4, -0.2) is 32.7 Å². The Balaban J connectivity index is 2.06. The Hall–Kier alpha value is -2.47. The van der Waals surface area contributed by atoms with Crippen molar-refractivity contribution >= 4 is 17.2 Å². The van der Waals surface area contributed by atoms with Crippen molar-refractivity contribution in [3.8, 4) is 0 Å². The third-order valence-corrected chi connectivity index (χ3v) is 3.38. The highest BCUT2D eigenvalue weighted by Gasteiger charge is 2.15. The number of aromatic nitrogens is 4. The van der Waals surface area contributed by atoms with Crippen LogP contribution in [-0.2, 0) is 0 Å². The summed E-state index contributed by atoms with van der Waals surface area (Å²) in [5, 5.41) is 8.12. The van der Waals surface area contributed by atoms with E-state index in [-0.39, 0.29) is 0 Å². The van der Waals surface area contributed by atoms with Crippen LogP contribution in [0.15, 0.2) is 43.0 Å². The number of hydrogen-bond acceptors (Lipinski definition) is 5. The molecule has 0 saturated heterocycles. The minimum absolute atomic E-state index is 0.637. The first kappa shape index (κ1) is 13.5. The molecule has 0 saturated carbocycles. The highest BCUT2D eigenvalue weighted by atomic mass is 15.3. The monoisotopic (exact) mass is 282 g/mol. The molecular weight excluding hydrogens is 264 g/mol. The molecule has 0 fully saturated rings. The van der Waals surface area contributed by atoms with Gasteiger partial charge in [0.15, 0.2) is 5.82 Å². The fourth-order valence-electron chi connectivity index (χ4n) is 2.27. The second-order valence-electron chi connectivity index (χ2n) is 4.94. The van der Waals surface area contributed by atoms with Crippen LogP contribution in [0.25, 0.3) is 5.65 Å². The van der Waals surface area contributed by atoms with Crippen LogP contribution in [0.2, 0.25) is 0 Å². The average Bonchev–Trinajstić information content (AvgIpc) is 2.98. The van der Waals surface area contributed by atoms with E-state index in [2.05, 4.69) is 51.3 Å². The average molecular weight is 282 g/mol. The van der Waals surface area contributed by atoms with E-state index in [0.717, 1.165) is 30.1 Å². The van der Waals surface area contributed by atoms with Crippen LogP contribution in [0, 0.1) is 6.92 Å². The maximum atomic E-state index is 5.67. The first-order valence-corrected chi connectivity index (χ1v) is 6.98. The van der Waals surface area contributed by atoms with Gasteiger partial charge >= 0.3 is 0 Å². The quantitative estimate of drug-likeness (QED) is 0.774. The van der Waals surface area contributed by atoms with Crippen molar-refractivity contribution in [2.45, 2.75) is 13.3 Å². The molecule has 0 unspecified atom stereocenters. The van der Waals surface area contributed by atoms with Gasteiger partial charge in [0.25, 0.3) is 0 Å². The van der Waals surface area contributed by atoms with E-state index < -0.39 is 0 Å². The summed E-state index contributed by atoms with van der Waals surface area (Å²) in [6.45, 7) is 3.50. The van der Waals surface area contributed by atoms with Gasteiger partial charge in [-0.3, -0.25) is 4.40 Å². The number of aryl methyl sites for hydroxylation is 1. The van der Waals surface area contributed by atoms with Crippen LogP contribution in [0.1, 0.15) is 12.0 Å². The number of nitrogens with two attached hydrogens (primary N) is 1. The molecule has 6 heteroatoms. The highest BCUT2D eigenvalue weighted by Crippen LogP contribution is 2.26. The summed E-state index contributed by atoms with van der Waals surface area (Å²) in [5.74, 6) is 0.798. The highest BCUT2D eigenvalue weighted by molar-refractivity contribution is 5.71. The number of rotatable bonds is 5. The Morgan fingerprint density at radius 1 is 1.24 bits per heavy atom. The Kier molecular flexibility index (Phi) is 3.79. The van der Waals surface area contributed by atoms with Crippen molar-refractivity contribution in [1.82, 2.24) is 19.6 Å². The lowest BCUT2D eigenvalue weighted by Gasteiger charge is -2.23. The molecule has 0 atom stereocenters. The van der Waals surface area contributed by atoms with Crippen LogP contribution in [0.5, 0.6) is 0 Å². The topological polar surface area (TPSA) is 72.3 Å². The van der Waals surface area contributed by atoms with Crippen molar-refractivity contribution in [3.05, 3.63) is 48.5 Å². The van der Waals surface area contributed by atoms with Gasteiger partial charge in [0, 0.05) is 24.6 Å². The van der Waals surface area contributed by atoms with Crippen LogP contribution in [0.4, 0.5) is 11.5 Å². The van der Waals surface area contributed by atoms with Crippen LogP contribution in [0.3, 0.4) is 0 Å². The van der Waals surface area contributed by atoms with E-state index >= 15 is 0 Å². The largest absolute Gasteiger partial charge is 0.330 e. The molecule has 6 nitrogen and oxygen atoms in total. The Labute approximate surface area is 123 Å². The molecule has 0 spiro atoms. The van der Waals surface area contributed by atoms with Crippen molar-refractivity contribution in [1.29, 1.82) is 0 Å². The number of hydrogen-bond donors (Lipinski definition) is 1. The molecule has 0 amide bonds.